The number of carbonyl (C=O) groups excluding carboxylic acids is 2. The Balaban J connectivity index is 1.46. The Hall–Kier alpha value is -2.87. The molecule has 0 spiro atoms. The van der Waals surface area contributed by atoms with Crippen LogP contribution < -0.4 is 5.32 Å². The van der Waals surface area contributed by atoms with Crippen LogP contribution in [0.3, 0.4) is 0 Å². The number of benzene rings is 2. The zero-order valence-electron chi connectivity index (χ0n) is 18.6. The highest BCUT2D eigenvalue weighted by atomic mass is 19.4. The molecule has 1 atom stereocenters. The molecule has 8 heteroatoms. The van der Waals surface area contributed by atoms with Crippen LogP contribution in [0.4, 0.5) is 13.2 Å². The molecule has 2 amide bonds. The van der Waals surface area contributed by atoms with E-state index < -0.39 is 12.8 Å². The first-order valence-electron chi connectivity index (χ1n) is 11.1. The Morgan fingerprint density at radius 3 is 2.27 bits per heavy atom. The van der Waals surface area contributed by atoms with Crippen molar-refractivity contribution in [2.24, 2.45) is 0 Å². The fourth-order valence-electron chi connectivity index (χ4n) is 4.01. The van der Waals surface area contributed by atoms with E-state index in [-0.39, 0.29) is 30.4 Å². The zero-order chi connectivity index (χ0) is 23.8. The molecule has 0 aromatic heterocycles. The maximum atomic E-state index is 13.0. The topological polar surface area (TPSA) is 58.6 Å². The van der Waals surface area contributed by atoms with Crippen molar-refractivity contribution in [2.45, 2.75) is 50.9 Å². The first-order valence-corrected chi connectivity index (χ1v) is 11.1. The van der Waals surface area contributed by atoms with Crippen molar-refractivity contribution >= 4 is 11.8 Å². The lowest BCUT2D eigenvalue weighted by atomic mass is 9.93. The first-order chi connectivity index (χ1) is 15.8. The molecule has 1 aliphatic rings. The Bertz CT molecular complexity index is 909. The molecule has 1 saturated heterocycles. The van der Waals surface area contributed by atoms with Crippen LogP contribution in [0, 0.1) is 0 Å². The lowest BCUT2D eigenvalue weighted by Gasteiger charge is -2.34. The first kappa shape index (κ1) is 24.8. The average molecular weight is 463 g/mol. The number of ether oxygens (including phenoxy) is 1. The van der Waals surface area contributed by atoms with Crippen molar-refractivity contribution in [3.8, 4) is 0 Å². The summed E-state index contributed by atoms with van der Waals surface area (Å²) in [6.45, 7) is 1.71. The third-order valence-corrected chi connectivity index (χ3v) is 5.80. The smallest absolute Gasteiger partial charge is 0.367 e. The maximum Gasteiger partial charge on any atom is 0.411 e. The van der Waals surface area contributed by atoms with E-state index in [1.54, 1.807) is 24.3 Å². The Kier molecular flexibility index (Phi) is 8.49. The van der Waals surface area contributed by atoms with Gasteiger partial charge in [0.05, 0.1) is 12.5 Å². The largest absolute Gasteiger partial charge is 0.411 e. The highest BCUT2D eigenvalue weighted by Crippen LogP contribution is 2.24. The summed E-state index contributed by atoms with van der Waals surface area (Å²) >= 11 is 0. The number of halogens is 3. The highest BCUT2D eigenvalue weighted by molar-refractivity contribution is 5.94. The lowest BCUT2D eigenvalue weighted by Crippen LogP contribution is -2.47. The molecule has 5 nitrogen and oxygen atoms in total. The third kappa shape index (κ3) is 7.32. The second-order valence-corrected chi connectivity index (χ2v) is 8.25. The molecule has 3 rings (SSSR count). The van der Waals surface area contributed by atoms with E-state index in [4.69, 9.17) is 0 Å². The molecular formula is C25H29F3N2O3. The number of rotatable bonds is 8. The van der Waals surface area contributed by atoms with Crippen LogP contribution in [0.15, 0.2) is 54.6 Å². The average Bonchev–Trinajstić information content (AvgIpc) is 2.80. The molecular weight excluding hydrogens is 433 g/mol. The van der Waals surface area contributed by atoms with E-state index in [1.165, 1.54) is 0 Å². The molecule has 1 fully saturated rings. The molecule has 0 radical (unpaired) electrons. The molecule has 1 unspecified atom stereocenters. The van der Waals surface area contributed by atoms with Crippen molar-refractivity contribution < 1.29 is 27.5 Å². The highest BCUT2D eigenvalue weighted by Gasteiger charge is 2.29. The monoisotopic (exact) mass is 462 g/mol. The number of hydrogen-bond acceptors (Lipinski definition) is 3. The van der Waals surface area contributed by atoms with Crippen LogP contribution in [-0.2, 0) is 16.1 Å². The summed E-state index contributed by atoms with van der Waals surface area (Å²) in [7, 11) is 0. The van der Waals surface area contributed by atoms with E-state index in [0.717, 1.165) is 12.0 Å². The number of nitrogens with one attached hydrogen (secondary N) is 1. The SMILES string of the molecule is CCC(C(=O)N1CCC(NC(=O)c2ccc(COCC(F)(F)F)cc2)CC1)c1ccccc1. The van der Waals surface area contributed by atoms with Crippen LogP contribution in [0.5, 0.6) is 0 Å². The van der Waals surface area contributed by atoms with Gasteiger partial charge >= 0.3 is 6.18 Å². The minimum atomic E-state index is -4.36. The van der Waals surface area contributed by atoms with Gasteiger partial charge in [-0.1, -0.05) is 49.4 Å². The van der Waals surface area contributed by atoms with Gasteiger partial charge in [-0.15, -0.1) is 0 Å². The third-order valence-electron chi connectivity index (χ3n) is 5.80. The molecule has 0 aliphatic carbocycles. The van der Waals surface area contributed by atoms with Crippen LogP contribution >= 0.6 is 0 Å². The number of likely N-dealkylation sites (tertiary alicyclic amines) is 1. The summed E-state index contributed by atoms with van der Waals surface area (Å²) in [5.74, 6) is -0.272. The van der Waals surface area contributed by atoms with E-state index in [9.17, 15) is 22.8 Å². The van der Waals surface area contributed by atoms with Gasteiger partial charge in [0.2, 0.25) is 5.91 Å². The number of alkyl halides is 3. The Morgan fingerprint density at radius 2 is 1.70 bits per heavy atom. The van der Waals surface area contributed by atoms with Crippen molar-refractivity contribution in [1.29, 1.82) is 0 Å². The van der Waals surface area contributed by atoms with Gasteiger partial charge in [0, 0.05) is 24.7 Å². The standard InChI is InChI=1S/C25H29F3N2O3/c1-2-22(19-6-4-3-5-7-19)24(32)30-14-12-21(13-15-30)29-23(31)20-10-8-18(9-11-20)16-33-17-25(26,27)28/h3-11,21-22H,2,12-17H2,1H3,(H,29,31). The summed E-state index contributed by atoms with van der Waals surface area (Å²) in [5.41, 5.74) is 2.02. The molecule has 178 valence electrons. The summed E-state index contributed by atoms with van der Waals surface area (Å²) in [4.78, 5) is 27.4. The van der Waals surface area contributed by atoms with Gasteiger partial charge in [-0.3, -0.25) is 9.59 Å². The molecule has 1 N–H and O–H groups in total. The number of amides is 2. The summed E-state index contributed by atoms with van der Waals surface area (Å²) < 4.78 is 41.1. The van der Waals surface area contributed by atoms with Gasteiger partial charge in [-0.05, 0) is 42.5 Å². The van der Waals surface area contributed by atoms with Gasteiger partial charge < -0.3 is 15.0 Å². The van der Waals surface area contributed by atoms with Gasteiger partial charge in [-0.25, -0.2) is 0 Å². The van der Waals surface area contributed by atoms with Crippen LogP contribution in [0.1, 0.15) is 53.6 Å². The van der Waals surface area contributed by atoms with Gasteiger partial charge in [0.15, 0.2) is 0 Å². The van der Waals surface area contributed by atoms with E-state index >= 15 is 0 Å². The predicted octanol–water partition coefficient (Wildman–Crippen LogP) is 4.68. The van der Waals surface area contributed by atoms with Crippen LogP contribution in [0.2, 0.25) is 0 Å². The van der Waals surface area contributed by atoms with Crippen molar-refractivity contribution in [3.05, 3.63) is 71.3 Å². The minimum Gasteiger partial charge on any atom is -0.367 e. The summed E-state index contributed by atoms with van der Waals surface area (Å²) in [6.07, 6.45) is -2.28. The number of hydrogen-bond donors (Lipinski definition) is 1. The molecule has 1 aliphatic heterocycles. The molecule has 0 saturated carbocycles. The summed E-state index contributed by atoms with van der Waals surface area (Å²) in [6, 6.07) is 16.1. The lowest BCUT2D eigenvalue weighted by molar-refractivity contribution is -0.176. The molecule has 2 aromatic rings. The van der Waals surface area contributed by atoms with E-state index in [1.807, 2.05) is 42.2 Å². The fraction of sp³-hybridized carbons (Fsp3) is 0.440. The van der Waals surface area contributed by atoms with Gasteiger partial charge in [0.25, 0.3) is 5.91 Å². The molecule has 1 heterocycles. The van der Waals surface area contributed by atoms with Crippen molar-refractivity contribution in [1.82, 2.24) is 10.2 Å². The van der Waals surface area contributed by atoms with Crippen molar-refractivity contribution in [2.75, 3.05) is 19.7 Å². The number of piperidine rings is 1. The Morgan fingerprint density at radius 1 is 1.06 bits per heavy atom. The molecule has 0 bridgehead atoms. The second kappa shape index (κ2) is 11.3. The quantitative estimate of drug-likeness (QED) is 0.620. The predicted molar refractivity (Wildman–Crippen MR) is 119 cm³/mol. The number of nitrogens with zero attached hydrogens (tertiary/aromatic N) is 1. The normalized spacial score (nSPS) is 15.8. The van der Waals surface area contributed by atoms with E-state index in [0.29, 0.717) is 37.1 Å². The number of carbonyl (C=O) groups is 2. The van der Waals surface area contributed by atoms with Gasteiger partial charge in [-0.2, -0.15) is 13.2 Å². The van der Waals surface area contributed by atoms with Crippen LogP contribution in [-0.4, -0.2) is 48.6 Å². The van der Waals surface area contributed by atoms with Crippen LogP contribution in [0.25, 0.3) is 0 Å². The molecule has 2 aromatic carbocycles. The molecule has 33 heavy (non-hydrogen) atoms. The summed E-state index contributed by atoms with van der Waals surface area (Å²) in [5, 5.41) is 3.00. The second-order valence-electron chi connectivity index (χ2n) is 8.25. The fourth-order valence-corrected chi connectivity index (χ4v) is 4.01. The van der Waals surface area contributed by atoms with Gasteiger partial charge in [0.1, 0.15) is 6.61 Å². The van der Waals surface area contributed by atoms with E-state index in [2.05, 4.69) is 10.1 Å². The Labute approximate surface area is 191 Å². The maximum absolute atomic E-state index is 13.0. The zero-order valence-corrected chi connectivity index (χ0v) is 18.6. The minimum absolute atomic E-state index is 0.0341. The van der Waals surface area contributed by atoms with Crippen molar-refractivity contribution in [3.63, 3.8) is 0 Å².